The second-order valence-electron chi connectivity index (χ2n) is 6.36. The van der Waals surface area contributed by atoms with Crippen molar-refractivity contribution in [1.29, 1.82) is 0 Å². The van der Waals surface area contributed by atoms with E-state index in [4.69, 9.17) is 23.2 Å². The van der Waals surface area contributed by atoms with Crippen LogP contribution in [-0.2, 0) is 16.8 Å². The number of benzene rings is 1. The van der Waals surface area contributed by atoms with Gasteiger partial charge in [-0.15, -0.1) is 0 Å². The van der Waals surface area contributed by atoms with Gasteiger partial charge in [0.1, 0.15) is 6.29 Å². The van der Waals surface area contributed by atoms with E-state index in [2.05, 4.69) is 10.6 Å². The van der Waals surface area contributed by atoms with Crippen LogP contribution >= 0.6 is 11.6 Å². The van der Waals surface area contributed by atoms with Gasteiger partial charge in [0, 0.05) is 36.6 Å². The summed E-state index contributed by atoms with van der Waals surface area (Å²) in [7, 11) is 3.59. The molecule has 0 radical (unpaired) electrons. The van der Waals surface area contributed by atoms with Crippen LogP contribution in [-0.4, -0.2) is 38.0 Å². The summed E-state index contributed by atoms with van der Waals surface area (Å²) in [5.41, 5.74) is 8.24. The fourth-order valence-electron chi connectivity index (χ4n) is 3.37. The number of nitrogens with zero attached hydrogens (tertiary/aromatic N) is 1. The van der Waals surface area contributed by atoms with Gasteiger partial charge in [-0.1, -0.05) is 45.4 Å². The lowest BCUT2D eigenvalue weighted by Gasteiger charge is -2.39. The van der Waals surface area contributed by atoms with Gasteiger partial charge in [-0.25, -0.2) is 5.84 Å². The number of piperidine rings is 1. The molecule has 0 bridgehead atoms. The number of rotatable bonds is 6. The Labute approximate surface area is 175 Å². The van der Waals surface area contributed by atoms with Crippen molar-refractivity contribution in [3.8, 4) is 0 Å². The fraction of sp³-hybridized carbons (Fsp3) is 0.571. The normalized spacial score (nSPS) is 21.6. The molecule has 1 aliphatic heterocycles. The summed E-state index contributed by atoms with van der Waals surface area (Å²) in [6, 6.07) is 5.61. The molecule has 1 unspecified atom stereocenters. The third-order valence-electron chi connectivity index (χ3n) is 4.48. The lowest BCUT2D eigenvalue weighted by Crippen LogP contribution is -2.50. The van der Waals surface area contributed by atoms with Crippen molar-refractivity contribution in [1.82, 2.24) is 15.6 Å². The summed E-state index contributed by atoms with van der Waals surface area (Å²) in [6.07, 6.45) is 4.04. The number of hydrogen-bond acceptors (Lipinski definition) is 6. The zero-order chi connectivity index (χ0) is 21.7. The largest absolute Gasteiger partial charge is 0.400 e. The molecule has 1 aliphatic rings. The molecule has 6 N–H and O–H groups in total. The number of hydrogen-bond donors (Lipinski definition) is 4. The topological polar surface area (TPSA) is 96.4 Å². The molecule has 6 nitrogen and oxygen atoms in total. The number of carbonyl (C=O) groups excluding carboxylic acids is 1. The lowest BCUT2D eigenvalue weighted by molar-refractivity contribution is -0.113. The Morgan fingerprint density at radius 1 is 1.39 bits per heavy atom. The minimum absolute atomic E-state index is 0.104. The van der Waals surface area contributed by atoms with Crippen molar-refractivity contribution in [3.63, 3.8) is 0 Å². The van der Waals surface area contributed by atoms with Crippen LogP contribution in [0.3, 0.4) is 0 Å². The molecule has 1 heterocycles. The van der Waals surface area contributed by atoms with Crippen LogP contribution in [0.2, 0.25) is 5.02 Å². The van der Waals surface area contributed by atoms with Crippen LogP contribution in [0, 0.1) is 0 Å². The van der Waals surface area contributed by atoms with Crippen LogP contribution in [0.5, 0.6) is 0 Å². The van der Waals surface area contributed by atoms with Gasteiger partial charge in [-0.2, -0.15) is 0 Å². The highest BCUT2D eigenvalue weighted by Crippen LogP contribution is 2.37. The first-order valence-corrected chi connectivity index (χ1v) is 10.4. The van der Waals surface area contributed by atoms with Crippen molar-refractivity contribution >= 4 is 17.9 Å². The first kappa shape index (κ1) is 26.4. The monoisotopic (exact) mass is 411 g/mol. The SMILES string of the molecule is CC.CC.CNCc1cc(Cl)ccc1C1(C=O)CCN[C@H](/C(N)=C/N(C)N)C1. The third-order valence-corrected chi connectivity index (χ3v) is 4.72. The van der Waals surface area contributed by atoms with Crippen LogP contribution < -0.4 is 22.2 Å². The molecule has 1 aromatic carbocycles. The maximum Gasteiger partial charge on any atom is 0.130 e. The highest BCUT2D eigenvalue weighted by molar-refractivity contribution is 6.30. The van der Waals surface area contributed by atoms with Crippen LogP contribution in [0.15, 0.2) is 30.1 Å². The molecule has 0 spiro atoms. The molecule has 2 atom stereocenters. The summed E-state index contributed by atoms with van der Waals surface area (Å²) in [4.78, 5) is 12.1. The molecule has 28 heavy (non-hydrogen) atoms. The molecule has 0 amide bonds. The van der Waals surface area contributed by atoms with Crippen LogP contribution in [0.25, 0.3) is 0 Å². The summed E-state index contributed by atoms with van der Waals surface area (Å²) < 4.78 is 0. The molecular formula is C21H38ClN5O. The number of nitrogens with one attached hydrogen (secondary N) is 2. The number of carbonyl (C=O) groups is 1. The van der Waals surface area contributed by atoms with Gasteiger partial charge in [-0.3, -0.25) is 0 Å². The highest BCUT2D eigenvalue weighted by atomic mass is 35.5. The van der Waals surface area contributed by atoms with Gasteiger partial charge in [0.25, 0.3) is 0 Å². The van der Waals surface area contributed by atoms with E-state index in [9.17, 15) is 4.79 Å². The Kier molecular flexibility index (Phi) is 12.8. The van der Waals surface area contributed by atoms with Gasteiger partial charge >= 0.3 is 0 Å². The zero-order valence-corrected chi connectivity index (χ0v) is 18.9. The molecular weight excluding hydrogens is 374 g/mol. The van der Waals surface area contributed by atoms with E-state index in [1.807, 2.05) is 52.9 Å². The summed E-state index contributed by atoms with van der Waals surface area (Å²) in [5, 5.41) is 8.60. The van der Waals surface area contributed by atoms with Crippen LogP contribution in [0.4, 0.5) is 0 Å². The standard InChI is InChI=1S/C17H26ClN5O.2C2H6/c1-21-9-12-7-13(18)3-4-14(12)17(11-24)5-6-22-16(8-17)15(19)10-23(2)20;2*1-2/h3-4,7,10-11,16,21-22H,5-6,8-9,19-20H2,1-2H3;2*1-2H3/b15-10-;;/t16-,17?;;/m0../s1. The molecule has 1 fully saturated rings. The molecule has 0 saturated carbocycles. The van der Waals surface area contributed by atoms with Gasteiger partial charge in [0.05, 0.1) is 5.41 Å². The summed E-state index contributed by atoms with van der Waals surface area (Å²) in [6.45, 7) is 9.36. The van der Waals surface area contributed by atoms with Gasteiger partial charge in [0.2, 0.25) is 0 Å². The van der Waals surface area contributed by atoms with Crippen molar-refractivity contribution in [2.24, 2.45) is 11.6 Å². The minimum atomic E-state index is -0.585. The quantitative estimate of drug-likeness (QED) is 0.326. The number of aldehydes is 1. The Bertz CT molecular complexity index is 621. The average molecular weight is 412 g/mol. The molecule has 0 aromatic heterocycles. The Balaban J connectivity index is 0.00000171. The predicted molar refractivity (Wildman–Crippen MR) is 120 cm³/mol. The Morgan fingerprint density at radius 2 is 2.04 bits per heavy atom. The average Bonchev–Trinajstić information content (AvgIpc) is 2.71. The molecule has 0 aliphatic carbocycles. The second kappa shape index (κ2) is 13.6. The summed E-state index contributed by atoms with van der Waals surface area (Å²) in [5.74, 6) is 5.65. The number of hydrazine groups is 1. The van der Waals surface area contributed by atoms with Crippen molar-refractivity contribution in [3.05, 3.63) is 46.2 Å². The van der Waals surface area contributed by atoms with E-state index >= 15 is 0 Å². The lowest BCUT2D eigenvalue weighted by atomic mass is 9.70. The highest BCUT2D eigenvalue weighted by Gasteiger charge is 2.39. The van der Waals surface area contributed by atoms with Gasteiger partial charge < -0.3 is 26.2 Å². The third kappa shape index (κ3) is 7.09. The molecule has 160 valence electrons. The Hall–Kier alpha value is -1.60. The van der Waals surface area contributed by atoms with Gasteiger partial charge in [0.15, 0.2) is 0 Å². The van der Waals surface area contributed by atoms with Gasteiger partial charge in [-0.05, 0) is 49.7 Å². The fourth-order valence-corrected chi connectivity index (χ4v) is 3.56. The predicted octanol–water partition coefficient (Wildman–Crippen LogP) is 2.91. The molecule has 1 aromatic rings. The number of nitrogens with two attached hydrogens (primary N) is 2. The van der Waals surface area contributed by atoms with Crippen molar-refractivity contribution in [2.75, 3.05) is 20.6 Å². The van der Waals surface area contributed by atoms with E-state index in [0.29, 0.717) is 30.2 Å². The zero-order valence-electron chi connectivity index (χ0n) is 18.2. The smallest absolute Gasteiger partial charge is 0.130 e. The van der Waals surface area contributed by atoms with E-state index < -0.39 is 5.41 Å². The van der Waals surface area contributed by atoms with Crippen molar-refractivity contribution in [2.45, 2.75) is 58.5 Å². The first-order chi connectivity index (χ1) is 13.4. The van der Waals surface area contributed by atoms with E-state index in [0.717, 1.165) is 23.8 Å². The molecule has 2 rings (SSSR count). The summed E-state index contributed by atoms with van der Waals surface area (Å²) >= 11 is 6.14. The molecule has 7 heteroatoms. The minimum Gasteiger partial charge on any atom is -0.400 e. The molecule has 1 saturated heterocycles. The maximum absolute atomic E-state index is 12.1. The van der Waals surface area contributed by atoms with E-state index in [-0.39, 0.29) is 6.04 Å². The van der Waals surface area contributed by atoms with E-state index in [1.54, 1.807) is 13.2 Å². The first-order valence-electron chi connectivity index (χ1n) is 10.00. The Morgan fingerprint density at radius 3 is 2.57 bits per heavy atom. The second-order valence-corrected chi connectivity index (χ2v) is 6.80. The van der Waals surface area contributed by atoms with E-state index in [1.165, 1.54) is 5.01 Å². The number of halogens is 1. The maximum atomic E-state index is 12.1. The van der Waals surface area contributed by atoms with Crippen LogP contribution in [0.1, 0.15) is 51.7 Å². The van der Waals surface area contributed by atoms with Crippen molar-refractivity contribution < 1.29 is 4.79 Å².